The minimum absolute atomic E-state index is 0.220. The van der Waals surface area contributed by atoms with Crippen LogP contribution in [0.5, 0.6) is 0 Å². The third kappa shape index (κ3) is 4.35. The summed E-state index contributed by atoms with van der Waals surface area (Å²) in [5.41, 5.74) is 0. The minimum Gasteiger partial charge on any atom is -0.343 e. The molecule has 2 aliphatic rings. The molecule has 0 amide bonds. The van der Waals surface area contributed by atoms with Crippen molar-refractivity contribution in [2.24, 2.45) is 16.8 Å². The van der Waals surface area contributed by atoms with Crippen molar-refractivity contribution in [2.45, 2.75) is 44.0 Å². The van der Waals surface area contributed by atoms with E-state index in [0.717, 1.165) is 10.4 Å². The molecule has 1 aliphatic heterocycles. The summed E-state index contributed by atoms with van der Waals surface area (Å²) in [6, 6.07) is 7.04. The lowest BCUT2D eigenvalue weighted by Gasteiger charge is -2.42. The fourth-order valence-electron chi connectivity index (χ4n) is 3.60. The quantitative estimate of drug-likeness (QED) is 0.775. The molecule has 0 unspecified atom stereocenters. The van der Waals surface area contributed by atoms with Crippen molar-refractivity contribution < 1.29 is 8.42 Å². The first-order valence-electron chi connectivity index (χ1n) is 8.67. The molecule has 8 heteroatoms. The van der Waals surface area contributed by atoms with Gasteiger partial charge in [-0.2, -0.15) is 0 Å². The largest absolute Gasteiger partial charge is 0.343 e. The Labute approximate surface area is 158 Å². The molecular weight excluding hydrogens is 404 g/mol. The van der Waals surface area contributed by atoms with Crippen LogP contribution in [0.2, 0.25) is 0 Å². The lowest BCUT2D eigenvalue weighted by atomic mass is 9.77. The minimum atomic E-state index is -3.62. The van der Waals surface area contributed by atoms with Gasteiger partial charge in [0.1, 0.15) is 0 Å². The van der Waals surface area contributed by atoms with Crippen molar-refractivity contribution in [3.05, 3.63) is 28.7 Å². The summed E-state index contributed by atoms with van der Waals surface area (Å²) in [4.78, 5) is 6.93. The lowest BCUT2D eigenvalue weighted by molar-refractivity contribution is 0.0768. The Morgan fingerprint density at radius 1 is 1.24 bits per heavy atom. The van der Waals surface area contributed by atoms with Crippen LogP contribution in [0.1, 0.15) is 33.1 Å². The summed E-state index contributed by atoms with van der Waals surface area (Å²) < 4.78 is 28.2. The van der Waals surface area contributed by atoms with E-state index in [1.165, 1.54) is 19.3 Å². The molecule has 2 N–H and O–H groups in total. The Balaban J connectivity index is 1.64. The van der Waals surface area contributed by atoms with Crippen molar-refractivity contribution >= 4 is 31.9 Å². The fourth-order valence-corrected chi connectivity index (χ4v) is 4.87. The number of benzene rings is 1. The maximum atomic E-state index is 12.4. The van der Waals surface area contributed by atoms with E-state index >= 15 is 0 Å². The Morgan fingerprint density at radius 2 is 1.96 bits per heavy atom. The maximum Gasteiger partial charge on any atom is 0.264 e. The number of halogens is 1. The van der Waals surface area contributed by atoms with Gasteiger partial charge in [-0.15, -0.1) is 0 Å². The highest BCUT2D eigenvalue weighted by Gasteiger charge is 2.32. The van der Waals surface area contributed by atoms with Crippen LogP contribution in [0, 0.1) is 11.8 Å². The second kappa shape index (κ2) is 7.63. The number of aliphatic imine (C=N–C) groups is 1. The zero-order chi connectivity index (χ0) is 18.0. The van der Waals surface area contributed by atoms with E-state index in [0.29, 0.717) is 31.3 Å². The molecule has 25 heavy (non-hydrogen) atoms. The molecule has 138 valence electrons. The van der Waals surface area contributed by atoms with E-state index in [9.17, 15) is 8.42 Å². The molecule has 0 bridgehead atoms. The van der Waals surface area contributed by atoms with Gasteiger partial charge in [0.05, 0.1) is 18.2 Å². The van der Waals surface area contributed by atoms with Gasteiger partial charge in [-0.25, -0.2) is 18.1 Å². The molecule has 1 saturated carbocycles. The average molecular weight is 429 g/mol. The van der Waals surface area contributed by atoms with Gasteiger partial charge in [-0.05, 0) is 42.5 Å². The summed E-state index contributed by atoms with van der Waals surface area (Å²) >= 11 is 3.31. The average Bonchev–Trinajstić information content (AvgIpc) is 2.58. The number of guanidine groups is 1. The van der Waals surface area contributed by atoms with Crippen LogP contribution in [0.4, 0.5) is 0 Å². The second-order valence-electron chi connectivity index (χ2n) is 6.97. The van der Waals surface area contributed by atoms with E-state index in [1.54, 1.807) is 24.3 Å². The highest BCUT2D eigenvalue weighted by Crippen LogP contribution is 2.32. The Morgan fingerprint density at radius 3 is 2.60 bits per heavy atom. The van der Waals surface area contributed by atoms with Crippen molar-refractivity contribution in [3.63, 3.8) is 0 Å². The lowest BCUT2D eigenvalue weighted by Crippen LogP contribution is -2.55. The molecular formula is C17H25BrN4O2S. The van der Waals surface area contributed by atoms with Crippen molar-refractivity contribution in [1.29, 1.82) is 0 Å². The smallest absolute Gasteiger partial charge is 0.264 e. The molecule has 3 atom stereocenters. The van der Waals surface area contributed by atoms with Gasteiger partial charge in [-0.1, -0.05) is 42.6 Å². The topological polar surface area (TPSA) is 73.8 Å². The zero-order valence-corrected chi connectivity index (χ0v) is 17.0. The van der Waals surface area contributed by atoms with Crippen LogP contribution in [-0.2, 0) is 10.0 Å². The van der Waals surface area contributed by atoms with Crippen LogP contribution in [-0.4, -0.2) is 38.7 Å². The molecule has 0 radical (unpaired) electrons. The molecule has 1 heterocycles. The first kappa shape index (κ1) is 18.7. The standard InChI is InChI=1S/C17H25BrN4O2S/c1-12-4-3-5-16(13(12)2)22-10-19-17(20-11-22)21-25(23,24)15-8-6-14(18)7-9-15/h6-9,12-13,16H,3-5,10-11H2,1-2H3,(H2,19,20,21)/t12-,13+,16-/m0/s1. The summed E-state index contributed by atoms with van der Waals surface area (Å²) in [7, 11) is -3.62. The highest BCUT2D eigenvalue weighted by molar-refractivity contribution is 9.10. The number of nitrogens with zero attached hydrogens (tertiary/aromatic N) is 2. The molecule has 1 fully saturated rings. The fraction of sp³-hybridized carbons (Fsp3) is 0.588. The molecule has 3 rings (SSSR count). The predicted molar refractivity (Wildman–Crippen MR) is 103 cm³/mol. The second-order valence-corrected chi connectivity index (χ2v) is 9.56. The first-order chi connectivity index (χ1) is 11.9. The predicted octanol–water partition coefficient (Wildman–Crippen LogP) is 2.73. The summed E-state index contributed by atoms with van der Waals surface area (Å²) in [6.45, 7) is 5.76. The van der Waals surface area contributed by atoms with E-state index in [-0.39, 0.29) is 4.90 Å². The maximum absolute atomic E-state index is 12.4. The number of hydrogen-bond acceptors (Lipinski definition) is 5. The van der Waals surface area contributed by atoms with Crippen LogP contribution in [0.15, 0.2) is 38.6 Å². The molecule has 0 aromatic heterocycles. The van der Waals surface area contributed by atoms with Gasteiger partial charge in [0.25, 0.3) is 10.0 Å². The molecule has 6 nitrogen and oxygen atoms in total. The Kier molecular flexibility index (Phi) is 5.70. The van der Waals surface area contributed by atoms with Gasteiger partial charge in [0, 0.05) is 10.5 Å². The monoisotopic (exact) mass is 428 g/mol. The van der Waals surface area contributed by atoms with E-state index < -0.39 is 10.0 Å². The van der Waals surface area contributed by atoms with Gasteiger partial charge in [0.2, 0.25) is 5.96 Å². The third-order valence-electron chi connectivity index (χ3n) is 5.35. The van der Waals surface area contributed by atoms with Crippen molar-refractivity contribution in [2.75, 3.05) is 13.3 Å². The van der Waals surface area contributed by atoms with E-state index in [4.69, 9.17) is 0 Å². The van der Waals surface area contributed by atoms with Crippen molar-refractivity contribution in [1.82, 2.24) is 14.9 Å². The molecule has 1 aliphatic carbocycles. The summed E-state index contributed by atoms with van der Waals surface area (Å²) in [5, 5.41) is 3.12. The Bertz CT molecular complexity index is 736. The van der Waals surface area contributed by atoms with Gasteiger partial charge >= 0.3 is 0 Å². The first-order valence-corrected chi connectivity index (χ1v) is 10.9. The number of nitrogens with one attached hydrogen (secondary N) is 2. The van der Waals surface area contributed by atoms with Gasteiger partial charge in [-0.3, -0.25) is 4.90 Å². The van der Waals surface area contributed by atoms with Crippen LogP contribution in [0.3, 0.4) is 0 Å². The number of rotatable bonds is 3. The van der Waals surface area contributed by atoms with E-state index in [1.807, 2.05) is 0 Å². The molecule has 1 aromatic carbocycles. The van der Waals surface area contributed by atoms with E-state index in [2.05, 4.69) is 49.7 Å². The molecule has 0 saturated heterocycles. The van der Waals surface area contributed by atoms with Gasteiger partial charge in [0.15, 0.2) is 0 Å². The number of hydrogen-bond donors (Lipinski definition) is 2. The highest BCUT2D eigenvalue weighted by atomic mass is 79.9. The number of sulfonamides is 1. The van der Waals surface area contributed by atoms with Crippen LogP contribution >= 0.6 is 15.9 Å². The SMILES string of the molecule is C[C@@H]1[C@@H](C)CCC[C@@H]1N1CN=C(NS(=O)(=O)c2ccc(Br)cc2)NC1. The van der Waals surface area contributed by atoms with Crippen LogP contribution < -0.4 is 10.0 Å². The third-order valence-corrected chi connectivity index (χ3v) is 7.23. The Hall–Kier alpha value is -1.12. The van der Waals surface area contributed by atoms with Crippen molar-refractivity contribution in [3.8, 4) is 0 Å². The molecule has 1 aromatic rings. The molecule has 0 spiro atoms. The normalized spacial score (nSPS) is 28.1. The zero-order valence-electron chi connectivity index (χ0n) is 14.6. The summed E-state index contributed by atoms with van der Waals surface area (Å²) in [6.07, 6.45) is 3.72. The van der Waals surface area contributed by atoms with Crippen LogP contribution in [0.25, 0.3) is 0 Å². The summed E-state index contributed by atoms with van der Waals surface area (Å²) in [5.74, 6) is 1.67. The van der Waals surface area contributed by atoms with Gasteiger partial charge < -0.3 is 5.32 Å².